The Balaban J connectivity index is 1.59. The zero-order valence-electron chi connectivity index (χ0n) is 27.9. The van der Waals surface area contributed by atoms with Crippen molar-refractivity contribution >= 4 is 35.4 Å². The fourth-order valence-electron chi connectivity index (χ4n) is 5.85. The zero-order valence-corrected chi connectivity index (χ0v) is 27.9. The van der Waals surface area contributed by atoms with Crippen molar-refractivity contribution in [1.82, 2.24) is 31.5 Å². The predicted molar refractivity (Wildman–Crippen MR) is 174 cm³/mol. The molecule has 4 rings (SSSR count). The van der Waals surface area contributed by atoms with E-state index in [4.69, 9.17) is 4.74 Å². The van der Waals surface area contributed by atoms with Crippen LogP contribution in [0.2, 0.25) is 0 Å². The molecule has 2 saturated heterocycles. The Bertz CT molecular complexity index is 1580. The highest BCUT2D eigenvalue weighted by Crippen LogP contribution is 2.22. The van der Waals surface area contributed by atoms with Crippen molar-refractivity contribution in [2.45, 2.75) is 76.3 Å². The molecular formula is C34H42F2N6O8. The number of rotatable bonds is 8. The number of amides is 6. The van der Waals surface area contributed by atoms with Crippen LogP contribution in [0.4, 0.5) is 8.78 Å². The molecule has 2 aliphatic heterocycles. The van der Waals surface area contributed by atoms with Gasteiger partial charge in [0.15, 0.2) is 18.2 Å². The second-order valence-electron chi connectivity index (χ2n) is 12.8. The molecule has 0 saturated carbocycles. The number of hydrogen-bond acceptors (Lipinski definition) is 8. The Labute approximate surface area is 287 Å². The standard InChI is InChI=1S/C34H42F2N6O8/c1-18(2)11-25-32(47)41-26(16-43)34(49)42-15-22(38-30(45)17-50-28-10-9-21(35)12-23(28)36)13-27(42)33(48)37-19(3)31(46)40-24(14-29(44)39-25)20-7-5-4-6-8-20/h4-10,12,18-19,22,24-27,43H,11,13-17H2,1-3H3,(H,37,48)(H,38,45)(H,39,44)(H,40,46)(H,41,47)/t19-,22-,24+,25-,26+,27-/m0/s1. The van der Waals surface area contributed by atoms with E-state index >= 15 is 0 Å². The van der Waals surface area contributed by atoms with Gasteiger partial charge < -0.3 is 41.3 Å². The second-order valence-corrected chi connectivity index (χ2v) is 12.8. The number of ether oxygens (including phenoxy) is 1. The smallest absolute Gasteiger partial charge is 0.258 e. The summed E-state index contributed by atoms with van der Waals surface area (Å²) in [6.45, 7) is 3.36. The Kier molecular flexibility index (Phi) is 12.8. The number of hydrogen-bond donors (Lipinski definition) is 6. The van der Waals surface area contributed by atoms with E-state index in [0.717, 1.165) is 17.0 Å². The molecule has 2 heterocycles. The predicted octanol–water partition coefficient (Wildman–Crippen LogP) is 0.203. The number of aliphatic hydroxyl groups is 1. The Hall–Kier alpha value is -5.12. The van der Waals surface area contributed by atoms with Crippen LogP contribution in [0.5, 0.6) is 5.75 Å². The van der Waals surface area contributed by atoms with Gasteiger partial charge in [0, 0.05) is 18.7 Å². The number of nitrogens with one attached hydrogen (secondary N) is 5. The van der Waals surface area contributed by atoms with E-state index in [1.807, 2.05) is 13.8 Å². The molecule has 0 bridgehead atoms. The molecule has 0 radical (unpaired) electrons. The van der Waals surface area contributed by atoms with Crippen LogP contribution in [0.15, 0.2) is 48.5 Å². The van der Waals surface area contributed by atoms with E-state index in [-0.39, 0.29) is 37.5 Å². The van der Waals surface area contributed by atoms with E-state index in [9.17, 15) is 42.7 Å². The molecule has 6 atom stereocenters. The van der Waals surface area contributed by atoms with Gasteiger partial charge in [0.05, 0.1) is 19.1 Å². The Morgan fingerprint density at radius 3 is 2.34 bits per heavy atom. The van der Waals surface area contributed by atoms with E-state index in [2.05, 4.69) is 26.6 Å². The molecule has 0 aliphatic carbocycles. The molecule has 16 heteroatoms. The van der Waals surface area contributed by atoms with E-state index in [1.54, 1.807) is 30.3 Å². The summed E-state index contributed by atoms with van der Waals surface area (Å²) in [4.78, 5) is 81.3. The molecular weight excluding hydrogens is 658 g/mol. The van der Waals surface area contributed by atoms with Gasteiger partial charge in [-0.3, -0.25) is 28.8 Å². The molecule has 14 nitrogen and oxygen atoms in total. The third kappa shape index (κ3) is 9.96. The summed E-state index contributed by atoms with van der Waals surface area (Å²) in [7, 11) is 0. The molecule has 2 aliphatic rings. The van der Waals surface area contributed by atoms with Crippen molar-refractivity contribution in [3.05, 3.63) is 65.7 Å². The number of fused-ring (bicyclic) bond motifs is 1. The van der Waals surface area contributed by atoms with E-state index in [1.165, 1.54) is 6.92 Å². The van der Waals surface area contributed by atoms with Crippen molar-refractivity contribution in [1.29, 1.82) is 0 Å². The minimum Gasteiger partial charge on any atom is -0.481 e. The first-order valence-electron chi connectivity index (χ1n) is 16.3. The summed E-state index contributed by atoms with van der Waals surface area (Å²) in [6.07, 6.45) is -0.167. The SMILES string of the molecule is CC(C)C[C@@H]1NC(=O)C[C@H](c2ccccc2)NC(=O)[C@H](C)NC(=O)[C@@H]2C[C@H](NC(=O)COc3ccc(F)cc3F)CN2C(=O)[C@@H](CO)NC1=O. The zero-order chi connectivity index (χ0) is 36.5. The first-order chi connectivity index (χ1) is 23.7. The van der Waals surface area contributed by atoms with Crippen LogP contribution in [0.1, 0.15) is 51.6 Å². The molecule has 2 aromatic carbocycles. The van der Waals surface area contributed by atoms with Crippen LogP contribution in [0, 0.1) is 17.6 Å². The summed E-state index contributed by atoms with van der Waals surface area (Å²) < 4.78 is 32.4. The van der Waals surface area contributed by atoms with Crippen LogP contribution in [-0.2, 0) is 28.8 Å². The quantitative estimate of drug-likeness (QED) is 0.225. The number of nitrogens with zero attached hydrogens (tertiary/aromatic N) is 1. The lowest BCUT2D eigenvalue weighted by Crippen LogP contribution is -2.59. The van der Waals surface area contributed by atoms with Gasteiger partial charge in [0.25, 0.3) is 5.91 Å². The molecule has 2 fully saturated rings. The maximum atomic E-state index is 14.0. The second kappa shape index (κ2) is 17.0. The summed E-state index contributed by atoms with van der Waals surface area (Å²) >= 11 is 0. The van der Waals surface area contributed by atoms with Gasteiger partial charge in [-0.2, -0.15) is 0 Å². The minimum atomic E-state index is -1.52. The summed E-state index contributed by atoms with van der Waals surface area (Å²) in [6, 6.07) is 4.63. The largest absolute Gasteiger partial charge is 0.481 e. The number of halogens is 2. The van der Waals surface area contributed by atoms with Gasteiger partial charge in [-0.05, 0) is 43.4 Å². The van der Waals surface area contributed by atoms with E-state index < -0.39 is 96.5 Å². The van der Waals surface area contributed by atoms with Gasteiger partial charge in [0.2, 0.25) is 29.5 Å². The van der Waals surface area contributed by atoms with Crippen LogP contribution in [-0.4, -0.2) is 95.4 Å². The fourth-order valence-corrected chi connectivity index (χ4v) is 5.85. The van der Waals surface area contributed by atoms with Gasteiger partial charge in [-0.25, -0.2) is 8.78 Å². The van der Waals surface area contributed by atoms with E-state index in [0.29, 0.717) is 11.6 Å². The van der Waals surface area contributed by atoms with Gasteiger partial charge >= 0.3 is 0 Å². The van der Waals surface area contributed by atoms with Crippen molar-refractivity contribution in [2.24, 2.45) is 5.92 Å². The van der Waals surface area contributed by atoms with Crippen molar-refractivity contribution in [3.8, 4) is 5.75 Å². The third-order valence-electron chi connectivity index (χ3n) is 8.32. The topological polar surface area (TPSA) is 195 Å². The highest BCUT2D eigenvalue weighted by Gasteiger charge is 2.43. The van der Waals surface area contributed by atoms with Crippen molar-refractivity contribution in [3.63, 3.8) is 0 Å². The normalized spacial score (nSPS) is 25.3. The van der Waals surface area contributed by atoms with Crippen molar-refractivity contribution in [2.75, 3.05) is 19.8 Å². The molecule has 6 amide bonds. The van der Waals surface area contributed by atoms with Crippen molar-refractivity contribution < 1.29 is 47.4 Å². The minimum absolute atomic E-state index is 0.0649. The molecule has 50 heavy (non-hydrogen) atoms. The number of aliphatic hydroxyl groups excluding tert-OH is 1. The average Bonchev–Trinajstić information content (AvgIpc) is 3.49. The molecule has 0 aromatic heterocycles. The lowest BCUT2D eigenvalue weighted by atomic mass is 10.00. The van der Waals surface area contributed by atoms with Crippen LogP contribution in [0.3, 0.4) is 0 Å². The number of carbonyl (C=O) groups excluding carboxylic acids is 6. The highest BCUT2D eigenvalue weighted by molar-refractivity contribution is 5.96. The number of benzene rings is 2. The van der Waals surface area contributed by atoms with Gasteiger partial charge in [-0.15, -0.1) is 0 Å². The maximum Gasteiger partial charge on any atom is 0.258 e. The Morgan fingerprint density at radius 1 is 0.960 bits per heavy atom. The summed E-state index contributed by atoms with van der Waals surface area (Å²) in [5, 5.41) is 23.4. The molecule has 270 valence electrons. The lowest BCUT2D eigenvalue weighted by Gasteiger charge is -2.30. The van der Waals surface area contributed by atoms with Crippen LogP contribution in [0.25, 0.3) is 0 Å². The first kappa shape index (κ1) is 37.7. The average molecular weight is 701 g/mol. The van der Waals surface area contributed by atoms with Crippen LogP contribution < -0.4 is 31.3 Å². The van der Waals surface area contributed by atoms with Gasteiger partial charge in [-0.1, -0.05) is 44.2 Å². The van der Waals surface area contributed by atoms with Gasteiger partial charge in [0.1, 0.15) is 30.0 Å². The molecule has 0 unspecified atom stereocenters. The van der Waals surface area contributed by atoms with Crippen LogP contribution >= 0.6 is 0 Å². The lowest BCUT2D eigenvalue weighted by molar-refractivity contribution is -0.143. The number of carbonyl (C=O) groups is 6. The monoisotopic (exact) mass is 700 g/mol. The third-order valence-corrected chi connectivity index (χ3v) is 8.32. The molecule has 2 aromatic rings. The summed E-state index contributed by atoms with van der Waals surface area (Å²) in [5.74, 6) is -6.50. The summed E-state index contributed by atoms with van der Waals surface area (Å²) in [5.41, 5.74) is 0.609. The molecule has 6 N–H and O–H groups in total. The maximum absolute atomic E-state index is 14.0. The molecule has 0 spiro atoms. The highest BCUT2D eigenvalue weighted by atomic mass is 19.1. The Morgan fingerprint density at radius 2 is 1.68 bits per heavy atom. The fraction of sp³-hybridized carbons (Fsp3) is 0.471. The first-order valence-corrected chi connectivity index (χ1v) is 16.3.